The van der Waals surface area contributed by atoms with E-state index in [1.807, 2.05) is 13.0 Å². The third kappa shape index (κ3) is 5.28. The van der Waals surface area contributed by atoms with Gasteiger partial charge in [0, 0.05) is 12.1 Å². The lowest BCUT2D eigenvalue weighted by Gasteiger charge is -2.25. The molecule has 1 atom stereocenters. The predicted molar refractivity (Wildman–Crippen MR) is 111 cm³/mol. The maximum atomic E-state index is 12.7. The molecule has 0 saturated carbocycles. The molecule has 29 heavy (non-hydrogen) atoms. The van der Waals surface area contributed by atoms with Crippen molar-refractivity contribution in [1.29, 1.82) is 0 Å². The molecule has 1 unspecified atom stereocenters. The highest BCUT2D eigenvalue weighted by atomic mass is 16.6. The second-order valence-corrected chi connectivity index (χ2v) is 7.25. The Morgan fingerprint density at radius 1 is 1.10 bits per heavy atom. The number of nitrogens with one attached hydrogen (secondary N) is 1. The number of carbonyl (C=O) groups excluding carboxylic acids is 2. The first kappa shape index (κ1) is 20.7. The minimum absolute atomic E-state index is 0.00926. The number of rotatable bonds is 7. The number of carbonyl (C=O) groups is 2. The van der Waals surface area contributed by atoms with Gasteiger partial charge in [-0.05, 0) is 79.1 Å². The molecule has 0 aromatic heterocycles. The maximum absolute atomic E-state index is 12.7. The predicted octanol–water partition coefficient (Wildman–Crippen LogP) is 4.00. The summed E-state index contributed by atoms with van der Waals surface area (Å²) in [5.41, 5.74) is 4.13. The Morgan fingerprint density at radius 3 is 2.62 bits per heavy atom. The molecule has 2 aromatic rings. The summed E-state index contributed by atoms with van der Waals surface area (Å²) in [6.07, 6.45) is 3.55. The SMILES string of the molecule is COC(=O)COc1ccc(NC(=O)CC2CCCc3cc(OC)ccc32)c(C)c1. The molecule has 1 N–H and O–H groups in total. The Kier molecular flexibility index (Phi) is 6.75. The molecule has 1 amide bonds. The fraction of sp³-hybridized carbons (Fsp3) is 0.391. The van der Waals surface area contributed by atoms with E-state index in [1.165, 1.54) is 18.2 Å². The first-order valence-corrected chi connectivity index (χ1v) is 9.77. The van der Waals surface area contributed by atoms with E-state index in [-0.39, 0.29) is 18.4 Å². The van der Waals surface area contributed by atoms with Gasteiger partial charge in [-0.2, -0.15) is 0 Å². The Hall–Kier alpha value is -3.02. The summed E-state index contributed by atoms with van der Waals surface area (Å²) in [6.45, 7) is 1.75. The van der Waals surface area contributed by atoms with Gasteiger partial charge in [0.25, 0.3) is 0 Å². The Bertz CT molecular complexity index is 893. The largest absolute Gasteiger partial charge is 0.497 e. The van der Waals surface area contributed by atoms with E-state index in [9.17, 15) is 9.59 Å². The van der Waals surface area contributed by atoms with E-state index in [0.29, 0.717) is 12.2 Å². The van der Waals surface area contributed by atoms with Gasteiger partial charge in [0.15, 0.2) is 6.61 Å². The van der Waals surface area contributed by atoms with Crippen molar-refractivity contribution in [2.24, 2.45) is 0 Å². The van der Waals surface area contributed by atoms with E-state index in [1.54, 1.807) is 25.3 Å². The number of fused-ring (bicyclic) bond motifs is 1. The van der Waals surface area contributed by atoms with E-state index < -0.39 is 5.97 Å². The molecule has 1 aliphatic rings. The second-order valence-electron chi connectivity index (χ2n) is 7.25. The molecule has 2 aromatic carbocycles. The van der Waals surface area contributed by atoms with Gasteiger partial charge < -0.3 is 19.5 Å². The van der Waals surface area contributed by atoms with Crippen molar-refractivity contribution in [3.8, 4) is 11.5 Å². The fourth-order valence-electron chi connectivity index (χ4n) is 3.72. The zero-order valence-corrected chi connectivity index (χ0v) is 17.1. The average Bonchev–Trinajstić information content (AvgIpc) is 2.73. The van der Waals surface area contributed by atoms with Crippen LogP contribution in [0.2, 0.25) is 0 Å². The van der Waals surface area contributed by atoms with Crippen molar-refractivity contribution in [1.82, 2.24) is 0 Å². The third-order valence-electron chi connectivity index (χ3n) is 5.28. The monoisotopic (exact) mass is 397 g/mol. The van der Waals surface area contributed by atoms with Gasteiger partial charge in [-0.25, -0.2) is 4.79 Å². The van der Waals surface area contributed by atoms with Gasteiger partial charge >= 0.3 is 5.97 Å². The summed E-state index contributed by atoms with van der Waals surface area (Å²) in [5.74, 6) is 1.18. The number of amides is 1. The lowest BCUT2D eigenvalue weighted by atomic mass is 9.81. The highest BCUT2D eigenvalue weighted by Crippen LogP contribution is 2.36. The van der Waals surface area contributed by atoms with Crippen molar-refractivity contribution in [2.75, 3.05) is 26.1 Å². The summed E-state index contributed by atoms with van der Waals surface area (Å²) in [6, 6.07) is 11.4. The maximum Gasteiger partial charge on any atom is 0.343 e. The second kappa shape index (κ2) is 9.45. The lowest BCUT2D eigenvalue weighted by Crippen LogP contribution is -2.19. The molecule has 154 valence electrons. The van der Waals surface area contributed by atoms with Crippen LogP contribution in [0.3, 0.4) is 0 Å². The number of anilines is 1. The first-order chi connectivity index (χ1) is 14.0. The number of esters is 1. The van der Waals surface area contributed by atoms with Crippen molar-refractivity contribution in [3.05, 3.63) is 53.1 Å². The fourth-order valence-corrected chi connectivity index (χ4v) is 3.72. The van der Waals surface area contributed by atoms with Gasteiger partial charge in [-0.1, -0.05) is 6.07 Å². The van der Waals surface area contributed by atoms with Crippen molar-refractivity contribution in [2.45, 2.75) is 38.5 Å². The van der Waals surface area contributed by atoms with E-state index in [2.05, 4.69) is 22.2 Å². The van der Waals surface area contributed by atoms with Gasteiger partial charge in [-0.15, -0.1) is 0 Å². The van der Waals surface area contributed by atoms with Crippen LogP contribution in [0.25, 0.3) is 0 Å². The Morgan fingerprint density at radius 2 is 1.90 bits per heavy atom. The molecule has 6 nitrogen and oxygen atoms in total. The molecular formula is C23H27NO5. The molecule has 0 saturated heterocycles. The molecule has 0 heterocycles. The third-order valence-corrected chi connectivity index (χ3v) is 5.28. The highest BCUT2D eigenvalue weighted by molar-refractivity contribution is 5.92. The number of methoxy groups -OCH3 is 2. The topological polar surface area (TPSA) is 73.9 Å². The lowest BCUT2D eigenvalue weighted by molar-refractivity contribution is -0.142. The van der Waals surface area contributed by atoms with Gasteiger partial charge in [0.1, 0.15) is 11.5 Å². The molecule has 0 spiro atoms. The van der Waals surface area contributed by atoms with Crippen LogP contribution in [-0.4, -0.2) is 32.7 Å². The van der Waals surface area contributed by atoms with Crippen LogP contribution in [0, 0.1) is 6.92 Å². The van der Waals surface area contributed by atoms with Crippen LogP contribution in [0.5, 0.6) is 11.5 Å². The summed E-state index contributed by atoms with van der Waals surface area (Å²) in [7, 11) is 2.99. The molecule has 0 fully saturated rings. The zero-order valence-electron chi connectivity index (χ0n) is 17.1. The minimum atomic E-state index is -0.439. The molecule has 3 rings (SSSR count). The van der Waals surface area contributed by atoms with Crippen LogP contribution in [-0.2, 0) is 20.7 Å². The highest BCUT2D eigenvalue weighted by Gasteiger charge is 2.23. The minimum Gasteiger partial charge on any atom is -0.497 e. The molecule has 6 heteroatoms. The summed E-state index contributed by atoms with van der Waals surface area (Å²) < 4.78 is 15.3. The van der Waals surface area contributed by atoms with E-state index in [4.69, 9.17) is 9.47 Å². The Labute approximate surface area is 171 Å². The molecular weight excluding hydrogens is 370 g/mol. The quantitative estimate of drug-likeness (QED) is 0.715. The number of ether oxygens (including phenoxy) is 3. The van der Waals surface area contributed by atoms with Crippen molar-refractivity contribution < 1.29 is 23.8 Å². The van der Waals surface area contributed by atoms with E-state index >= 15 is 0 Å². The summed E-state index contributed by atoms with van der Waals surface area (Å²) >= 11 is 0. The number of aryl methyl sites for hydroxylation is 2. The van der Waals surface area contributed by atoms with Gasteiger partial charge in [0.2, 0.25) is 5.91 Å². The van der Waals surface area contributed by atoms with E-state index in [0.717, 1.165) is 36.3 Å². The van der Waals surface area contributed by atoms with Crippen LogP contribution >= 0.6 is 0 Å². The zero-order chi connectivity index (χ0) is 20.8. The number of benzene rings is 2. The summed E-state index contributed by atoms with van der Waals surface area (Å²) in [5, 5.41) is 3.00. The number of hydrogen-bond acceptors (Lipinski definition) is 5. The number of hydrogen-bond donors (Lipinski definition) is 1. The van der Waals surface area contributed by atoms with Crippen LogP contribution in [0.1, 0.15) is 41.9 Å². The molecule has 1 aliphatic carbocycles. The van der Waals surface area contributed by atoms with Crippen LogP contribution in [0.4, 0.5) is 5.69 Å². The van der Waals surface area contributed by atoms with Crippen molar-refractivity contribution >= 4 is 17.6 Å². The molecule has 0 bridgehead atoms. The average molecular weight is 397 g/mol. The summed E-state index contributed by atoms with van der Waals surface area (Å²) in [4.78, 5) is 23.9. The van der Waals surface area contributed by atoms with Gasteiger partial charge in [-0.3, -0.25) is 4.79 Å². The van der Waals surface area contributed by atoms with Crippen molar-refractivity contribution in [3.63, 3.8) is 0 Å². The smallest absolute Gasteiger partial charge is 0.343 e. The first-order valence-electron chi connectivity index (χ1n) is 9.77. The molecule has 0 aliphatic heterocycles. The normalized spacial score (nSPS) is 15.2. The standard InChI is InChI=1S/C23H27NO5/c1-15-11-19(29-14-23(26)28-3)8-10-21(15)24-22(25)13-17-6-4-5-16-12-18(27-2)7-9-20(16)17/h7-12,17H,4-6,13-14H2,1-3H3,(H,24,25). The van der Waals surface area contributed by atoms with Gasteiger partial charge in [0.05, 0.1) is 14.2 Å². The van der Waals surface area contributed by atoms with Crippen LogP contribution in [0.15, 0.2) is 36.4 Å². The van der Waals surface area contributed by atoms with Crippen LogP contribution < -0.4 is 14.8 Å². The molecule has 0 radical (unpaired) electrons. The Balaban J connectivity index is 1.62.